The second-order valence-corrected chi connectivity index (χ2v) is 9.75. The minimum atomic E-state index is -3.69. The number of sulfonamides is 1. The molecule has 0 bridgehead atoms. The van der Waals surface area contributed by atoms with Gasteiger partial charge in [-0.25, -0.2) is 18.4 Å². The van der Waals surface area contributed by atoms with Crippen LogP contribution in [-0.4, -0.2) is 39.0 Å². The van der Waals surface area contributed by atoms with E-state index in [2.05, 4.69) is 28.6 Å². The number of carbonyl (C=O) groups is 1. The summed E-state index contributed by atoms with van der Waals surface area (Å²) < 4.78 is 22.6. The number of hydrogen-bond donors (Lipinski definition) is 3. The van der Waals surface area contributed by atoms with Crippen molar-refractivity contribution in [3.63, 3.8) is 0 Å². The van der Waals surface area contributed by atoms with E-state index >= 15 is 0 Å². The van der Waals surface area contributed by atoms with E-state index in [9.17, 15) is 13.2 Å². The molecule has 1 aliphatic rings. The molecule has 0 radical (unpaired) electrons. The first-order valence-corrected chi connectivity index (χ1v) is 12.3. The van der Waals surface area contributed by atoms with E-state index in [0.29, 0.717) is 19.0 Å². The molecule has 31 heavy (non-hydrogen) atoms. The fraction of sp³-hybridized carbons (Fsp3) is 0.435. The number of nitrogens with one attached hydrogen (secondary N) is 2. The Labute approximate surface area is 185 Å². The predicted molar refractivity (Wildman–Crippen MR) is 123 cm³/mol. The van der Waals surface area contributed by atoms with Gasteiger partial charge in [0.15, 0.2) is 0 Å². The SMILES string of the molecule is CN(Cc1ccccc1NC(=O)NCCc1ccc(S(N)(=O)=O)cc1)C1CCCCC1. The van der Waals surface area contributed by atoms with E-state index in [1.165, 1.54) is 44.2 Å². The van der Waals surface area contributed by atoms with Gasteiger partial charge in [0.05, 0.1) is 4.90 Å². The minimum absolute atomic E-state index is 0.0803. The van der Waals surface area contributed by atoms with Gasteiger partial charge >= 0.3 is 6.03 Å². The van der Waals surface area contributed by atoms with E-state index in [1.54, 1.807) is 12.1 Å². The summed E-state index contributed by atoms with van der Waals surface area (Å²) in [5.41, 5.74) is 2.84. The van der Waals surface area contributed by atoms with Crippen molar-refractivity contribution in [3.8, 4) is 0 Å². The van der Waals surface area contributed by atoms with Crippen molar-refractivity contribution in [2.75, 3.05) is 18.9 Å². The van der Waals surface area contributed by atoms with Crippen molar-refractivity contribution in [2.45, 2.75) is 56.0 Å². The molecule has 1 fully saturated rings. The monoisotopic (exact) mass is 444 g/mol. The Morgan fingerprint density at radius 1 is 1.06 bits per heavy atom. The third-order valence-corrected chi connectivity index (χ3v) is 6.76. The molecular weight excluding hydrogens is 412 g/mol. The molecule has 4 N–H and O–H groups in total. The van der Waals surface area contributed by atoms with Crippen LogP contribution in [-0.2, 0) is 23.0 Å². The largest absolute Gasteiger partial charge is 0.338 e. The number of carbonyl (C=O) groups excluding carboxylic acids is 1. The van der Waals surface area contributed by atoms with Crippen LogP contribution in [0.5, 0.6) is 0 Å². The summed E-state index contributed by atoms with van der Waals surface area (Å²) in [5, 5.41) is 10.9. The van der Waals surface area contributed by atoms with Gasteiger partial charge in [-0.15, -0.1) is 0 Å². The Balaban J connectivity index is 1.50. The number of hydrogen-bond acceptors (Lipinski definition) is 4. The van der Waals surface area contributed by atoms with Gasteiger partial charge in [-0.2, -0.15) is 0 Å². The van der Waals surface area contributed by atoms with E-state index < -0.39 is 10.0 Å². The van der Waals surface area contributed by atoms with Crippen molar-refractivity contribution < 1.29 is 13.2 Å². The Bertz CT molecular complexity index is 971. The molecule has 1 aliphatic carbocycles. The molecule has 2 aromatic carbocycles. The van der Waals surface area contributed by atoms with Crippen molar-refractivity contribution in [2.24, 2.45) is 5.14 Å². The van der Waals surface area contributed by atoms with E-state index in [1.807, 2.05) is 18.2 Å². The highest BCUT2D eigenvalue weighted by Gasteiger charge is 2.19. The van der Waals surface area contributed by atoms with Crippen LogP contribution in [0.1, 0.15) is 43.2 Å². The number of primary sulfonamides is 1. The van der Waals surface area contributed by atoms with Gasteiger partial charge in [-0.05, 0) is 55.6 Å². The van der Waals surface area contributed by atoms with Crippen LogP contribution in [0, 0.1) is 0 Å². The molecule has 0 aliphatic heterocycles. The van der Waals surface area contributed by atoms with Gasteiger partial charge in [0.2, 0.25) is 10.0 Å². The van der Waals surface area contributed by atoms with Gasteiger partial charge in [-0.3, -0.25) is 4.90 Å². The molecule has 0 unspecified atom stereocenters. The van der Waals surface area contributed by atoms with E-state index in [4.69, 9.17) is 5.14 Å². The van der Waals surface area contributed by atoms with Gasteiger partial charge in [0, 0.05) is 24.8 Å². The fourth-order valence-corrected chi connectivity index (χ4v) is 4.55. The average Bonchev–Trinajstić information content (AvgIpc) is 2.75. The minimum Gasteiger partial charge on any atom is -0.338 e. The highest BCUT2D eigenvalue weighted by molar-refractivity contribution is 7.89. The molecule has 7 nitrogen and oxygen atoms in total. The van der Waals surface area contributed by atoms with Crippen LogP contribution in [0.15, 0.2) is 53.4 Å². The van der Waals surface area contributed by atoms with E-state index in [-0.39, 0.29) is 10.9 Å². The summed E-state index contributed by atoms with van der Waals surface area (Å²) in [4.78, 5) is 14.9. The lowest BCUT2D eigenvalue weighted by Crippen LogP contribution is -2.34. The van der Waals surface area contributed by atoms with E-state index in [0.717, 1.165) is 23.4 Å². The van der Waals surface area contributed by atoms with Gasteiger partial charge in [0.25, 0.3) is 0 Å². The lowest BCUT2D eigenvalue weighted by Gasteiger charge is -2.31. The number of nitrogens with two attached hydrogens (primary N) is 1. The lowest BCUT2D eigenvalue weighted by atomic mass is 9.94. The maximum absolute atomic E-state index is 12.4. The summed E-state index contributed by atoms with van der Waals surface area (Å²) in [7, 11) is -1.53. The first-order valence-electron chi connectivity index (χ1n) is 10.8. The maximum Gasteiger partial charge on any atom is 0.319 e. The fourth-order valence-electron chi connectivity index (χ4n) is 4.03. The highest BCUT2D eigenvalue weighted by Crippen LogP contribution is 2.24. The van der Waals surface area contributed by atoms with Gasteiger partial charge in [-0.1, -0.05) is 49.6 Å². The summed E-state index contributed by atoms with van der Waals surface area (Å²) in [6.45, 7) is 1.24. The van der Waals surface area contributed by atoms with Crippen LogP contribution < -0.4 is 15.8 Å². The predicted octanol–water partition coefficient (Wildman–Crippen LogP) is 3.46. The third-order valence-electron chi connectivity index (χ3n) is 5.83. The summed E-state index contributed by atoms with van der Waals surface area (Å²) in [6, 6.07) is 14.6. The van der Waals surface area contributed by atoms with Crippen molar-refractivity contribution in [3.05, 3.63) is 59.7 Å². The molecule has 2 amide bonds. The van der Waals surface area contributed by atoms with Crippen LogP contribution in [0.2, 0.25) is 0 Å². The quantitative estimate of drug-likeness (QED) is 0.580. The third kappa shape index (κ3) is 7.05. The van der Waals surface area contributed by atoms with Gasteiger partial charge < -0.3 is 10.6 Å². The van der Waals surface area contributed by atoms with Crippen LogP contribution in [0.3, 0.4) is 0 Å². The van der Waals surface area contributed by atoms with Crippen LogP contribution >= 0.6 is 0 Å². The number of urea groups is 1. The molecule has 8 heteroatoms. The standard InChI is InChI=1S/C23H32N4O3S/c1-27(20-8-3-2-4-9-20)17-19-7-5-6-10-22(19)26-23(28)25-16-15-18-11-13-21(14-12-18)31(24,29)30/h5-7,10-14,20H,2-4,8-9,15-17H2,1H3,(H2,24,29,30)(H2,25,26,28). The zero-order valence-corrected chi connectivity index (χ0v) is 18.8. The normalized spacial score (nSPS) is 15.1. The zero-order valence-electron chi connectivity index (χ0n) is 18.0. The molecule has 0 spiro atoms. The van der Waals surface area contributed by atoms with Crippen molar-refractivity contribution in [1.82, 2.24) is 10.2 Å². The Kier molecular flexibility index (Phi) is 8.06. The van der Waals surface area contributed by atoms with Crippen LogP contribution in [0.4, 0.5) is 10.5 Å². The molecule has 0 saturated heterocycles. The summed E-state index contributed by atoms with van der Waals surface area (Å²) in [6.07, 6.45) is 6.99. The summed E-state index contributed by atoms with van der Waals surface area (Å²) in [5.74, 6) is 0. The second kappa shape index (κ2) is 10.7. The number of nitrogens with zero attached hydrogens (tertiary/aromatic N) is 1. The number of anilines is 1. The maximum atomic E-state index is 12.4. The molecule has 168 valence electrons. The Morgan fingerprint density at radius 2 is 1.74 bits per heavy atom. The van der Waals surface area contributed by atoms with Gasteiger partial charge in [0.1, 0.15) is 0 Å². The van der Waals surface area contributed by atoms with Crippen molar-refractivity contribution >= 4 is 21.7 Å². The topological polar surface area (TPSA) is 105 Å². The molecule has 3 rings (SSSR count). The smallest absolute Gasteiger partial charge is 0.319 e. The zero-order chi connectivity index (χ0) is 22.3. The Hall–Kier alpha value is -2.42. The number of amides is 2. The first kappa shape index (κ1) is 23.2. The van der Waals surface area contributed by atoms with Crippen molar-refractivity contribution in [1.29, 1.82) is 0 Å². The second-order valence-electron chi connectivity index (χ2n) is 8.18. The number of rotatable bonds is 8. The molecule has 1 saturated carbocycles. The Morgan fingerprint density at radius 3 is 2.42 bits per heavy atom. The molecule has 0 heterocycles. The average molecular weight is 445 g/mol. The number of benzene rings is 2. The first-order chi connectivity index (χ1) is 14.8. The summed E-state index contributed by atoms with van der Waals surface area (Å²) >= 11 is 0. The molecular formula is C23H32N4O3S. The number of para-hydroxylation sites is 1. The molecule has 0 aromatic heterocycles. The molecule has 0 atom stereocenters. The highest BCUT2D eigenvalue weighted by atomic mass is 32.2. The van der Waals surface area contributed by atoms with Crippen LogP contribution in [0.25, 0.3) is 0 Å². The molecule has 2 aromatic rings. The lowest BCUT2D eigenvalue weighted by molar-refractivity contribution is 0.185.